The number of halogens is 1. The van der Waals surface area contributed by atoms with Crippen molar-refractivity contribution in [1.82, 2.24) is 9.88 Å². The van der Waals surface area contributed by atoms with Crippen molar-refractivity contribution in [2.24, 2.45) is 11.7 Å². The van der Waals surface area contributed by atoms with E-state index in [0.717, 1.165) is 16.9 Å². The van der Waals surface area contributed by atoms with E-state index in [1.54, 1.807) is 37.4 Å². The van der Waals surface area contributed by atoms with E-state index in [0.29, 0.717) is 27.7 Å². The second-order valence-electron chi connectivity index (χ2n) is 9.32. The van der Waals surface area contributed by atoms with Gasteiger partial charge in [-0.15, -0.1) is 11.3 Å². The largest absolute Gasteiger partial charge is 0.497 e. The molecular weight excluding hydrogens is 509 g/mol. The van der Waals surface area contributed by atoms with Crippen LogP contribution in [0.2, 0.25) is 0 Å². The number of pyridine rings is 1. The summed E-state index contributed by atoms with van der Waals surface area (Å²) in [5, 5.41) is 12.2. The first-order chi connectivity index (χ1) is 18.2. The number of amides is 2. The monoisotopic (exact) mass is 537 g/mol. The molecule has 198 valence electrons. The summed E-state index contributed by atoms with van der Waals surface area (Å²) in [6.45, 7) is 4.00. The highest BCUT2D eigenvalue weighted by Gasteiger charge is 2.37. The van der Waals surface area contributed by atoms with E-state index in [4.69, 9.17) is 15.2 Å². The van der Waals surface area contributed by atoms with Gasteiger partial charge in [0, 0.05) is 23.7 Å². The fourth-order valence-electron chi connectivity index (χ4n) is 4.41. The molecule has 4 rings (SSSR count). The molecule has 3 heterocycles. The van der Waals surface area contributed by atoms with Crippen LogP contribution in [0.4, 0.5) is 10.2 Å². The quantitative estimate of drug-likeness (QED) is 0.394. The van der Waals surface area contributed by atoms with Crippen LogP contribution in [-0.4, -0.2) is 42.0 Å². The summed E-state index contributed by atoms with van der Waals surface area (Å²) >= 11 is 1.15. The summed E-state index contributed by atoms with van der Waals surface area (Å²) in [7, 11) is 3.07. The van der Waals surface area contributed by atoms with E-state index in [1.807, 2.05) is 13.8 Å². The Hall–Kier alpha value is -4.17. The van der Waals surface area contributed by atoms with Crippen molar-refractivity contribution in [3.8, 4) is 28.1 Å². The van der Waals surface area contributed by atoms with Crippen LogP contribution in [0.5, 0.6) is 11.5 Å². The number of methoxy groups -OCH3 is 2. The molecule has 1 aliphatic heterocycles. The average Bonchev–Trinajstić information content (AvgIpc) is 3.50. The van der Waals surface area contributed by atoms with Gasteiger partial charge in [-0.25, -0.2) is 9.37 Å². The highest BCUT2D eigenvalue weighted by atomic mass is 32.1. The van der Waals surface area contributed by atoms with Crippen LogP contribution in [0.3, 0.4) is 0 Å². The van der Waals surface area contributed by atoms with Crippen LogP contribution >= 0.6 is 11.3 Å². The number of nitrogens with one attached hydrogen (secondary N) is 1. The van der Waals surface area contributed by atoms with Crippen molar-refractivity contribution in [3.63, 3.8) is 0 Å². The lowest BCUT2D eigenvalue weighted by atomic mass is 10.0. The highest BCUT2D eigenvalue weighted by Crippen LogP contribution is 2.39. The van der Waals surface area contributed by atoms with Crippen LogP contribution in [0.1, 0.15) is 46.6 Å². The van der Waals surface area contributed by atoms with E-state index in [2.05, 4.69) is 16.4 Å². The second-order valence-corrected chi connectivity index (χ2v) is 10.4. The van der Waals surface area contributed by atoms with Gasteiger partial charge in [-0.05, 0) is 36.6 Å². The Morgan fingerprint density at radius 3 is 2.66 bits per heavy atom. The molecule has 0 aliphatic carbocycles. The maximum absolute atomic E-state index is 15.9. The SMILES string of the molecule is COc1ccc(CN2Cc3c(F)c(N[C@H](CC(C)C)C(N)=O)nc(-c4ccc(C#N)s4)c3C2=O)c(OC)c1. The molecule has 0 fully saturated rings. The van der Waals surface area contributed by atoms with Crippen molar-refractivity contribution in [1.29, 1.82) is 5.26 Å². The summed E-state index contributed by atoms with van der Waals surface area (Å²) in [6, 6.07) is 9.78. The normalized spacial score (nSPS) is 13.3. The molecule has 0 saturated carbocycles. The topological polar surface area (TPSA) is 131 Å². The molecule has 0 spiro atoms. The van der Waals surface area contributed by atoms with Crippen molar-refractivity contribution >= 4 is 29.0 Å². The van der Waals surface area contributed by atoms with Crippen LogP contribution < -0.4 is 20.5 Å². The highest BCUT2D eigenvalue weighted by molar-refractivity contribution is 7.16. The summed E-state index contributed by atoms with van der Waals surface area (Å²) < 4.78 is 26.6. The van der Waals surface area contributed by atoms with Gasteiger partial charge in [0.05, 0.1) is 36.9 Å². The Kier molecular flexibility index (Phi) is 7.83. The number of carbonyl (C=O) groups excluding carboxylic acids is 2. The van der Waals surface area contributed by atoms with Gasteiger partial charge in [-0.3, -0.25) is 9.59 Å². The lowest BCUT2D eigenvalue weighted by Gasteiger charge is -2.19. The van der Waals surface area contributed by atoms with E-state index < -0.39 is 23.7 Å². The molecule has 0 saturated heterocycles. The molecule has 3 N–H and O–H groups in total. The zero-order chi connectivity index (χ0) is 27.6. The van der Waals surface area contributed by atoms with Gasteiger partial charge in [0.15, 0.2) is 11.6 Å². The molecule has 3 aromatic rings. The standard InChI is InChI=1S/C27H28FN5O4S/c1-14(2)9-19(25(30)34)31-26-23(28)18-13-33(12-15-5-6-16(36-3)10-20(15)37-4)27(35)22(18)24(32-26)21-8-7-17(11-29)38-21/h5-8,10,14,19H,9,12-13H2,1-4H3,(H2,30,34)(H,31,32)/t19-/m1/s1. The molecule has 9 nitrogen and oxygen atoms in total. The van der Waals surface area contributed by atoms with Crippen molar-refractivity contribution in [2.45, 2.75) is 39.4 Å². The number of benzene rings is 1. The zero-order valence-corrected chi connectivity index (χ0v) is 22.3. The fourth-order valence-corrected chi connectivity index (χ4v) is 5.21. The number of carbonyl (C=O) groups is 2. The first-order valence-corrected chi connectivity index (χ1v) is 12.8. The number of aromatic nitrogens is 1. The molecule has 38 heavy (non-hydrogen) atoms. The van der Waals surface area contributed by atoms with Crippen LogP contribution in [-0.2, 0) is 17.9 Å². The summed E-state index contributed by atoms with van der Waals surface area (Å²) in [6.07, 6.45) is 0.378. The molecule has 2 amide bonds. The van der Waals surface area contributed by atoms with Gasteiger partial charge in [0.25, 0.3) is 5.91 Å². The molecule has 1 atom stereocenters. The summed E-state index contributed by atoms with van der Waals surface area (Å²) in [5.74, 6) is -0.653. The van der Waals surface area contributed by atoms with Gasteiger partial charge in [-0.2, -0.15) is 5.26 Å². The predicted molar refractivity (Wildman–Crippen MR) is 141 cm³/mol. The average molecular weight is 538 g/mol. The van der Waals surface area contributed by atoms with Crippen molar-refractivity contribution < 1.29 is 23.5 Å². The third-order valence-corrected chi connectivity index (χ3v) is 7.25. The minimum absolute atomic E-state index is 0.0126. The summed E-state index contributed by atoms with van der Waals surface area (Å²) in [4.78, 5) is 32.6. The Labute approximate surface area is 224 Å². The minimum atomic E-state index is -0.849. The molecule has 0 radical (unpaired) electrons. The number of rotatable bonds is 10. The van der Waals surface area contributed by atoms with Gasteiger partial charge in [0.2, 0.25) is 5.91 Å². The van der Waals surface area contributed by atoms with Gasteiger partial charge in [0.1, 0.15) is 28.5 Å². The Balaban J connectivity index is 1.78. The Bertz CT molecular complexity index is 1430. The molecule has 0 unspecified atom stereocenters. The minimum Gasteiger partial charge on any atom is -0.497 e. The number of nitriles is 1. The second kappa shape index (κ2) is 11.1. The van der Waals surface area contributed by atoms with Crippen LogP contribution in [0.15, 0.2) is 30.3 Å². The smallest absolute Gasteiger partial charge is 0.257 e. The zero-order valence-electron chi connectivity index (χ0n) is 21.5. The molecule has 0 bridgehead atoms. The maximum atomic E-state index is 15.9. The van der Waals surface area contributed by atoms with E-state index in [1.165, 1.54) is 12.0 Å². The maximum Gasteiger partial charge on any atom is 0.257 e. The van der Waals surface area contributed by atoms with Gasteiger partial charge >= 0.3 is 0 Å². The van der Waals surface area contributed by atoms with E-state index >= 15 is 4.39 Å². The molecular formula is C27H28FN5O4S. The number of hydrogen-bond donors (Lipinski definition) is 2. The number of thiophene rings is 1. The molecule has 2 aromatic heterocycles. The number of nitrogens with two attached hydrogens (primary N) is 1. The molecule has 1 aromatic carbocycles. The molecule has 1 aliphatic rings. The fraction of sp³-hybridized carbons (Fsp3) is 0.333. The van der Waals surface area contributed by atoms with E-state index in [9.17, 15) is 14.9 Å². The number of hydrogen-bond acceptors (Lipinski definition) is 8. The van der Waals surface area contributed by atoms with Gasteiger partial charge < -0.3 is 25.4 Å². The molecule has 11 heteroatoms. The van der Waals surface area contributed by atoms with Crippen molar-refractivity contribution in [3.05, 3.63) is 57.7 Å². The van der Waals surface area contributed by atoms with Crippen LogP contribution in [0.25, 0.3) is 10.6 Å². The van der Waals surface area contributed by atoms with Gasteiger partial charge in [-0.1, -0.05) is 13.8 Å². The Morgan fingerprint density at radius 2 is 2.05 bits per heavy atom. The lowest BCUT2D eigenvalue weighted by molar-refractivity contribution is -0.119. The first kappa shape index (κ1) is 26.9. The van der Waals surface area contributed by atoms with E-state index in [-0.39, 0.29) is 41.6 Å². The van der Waals surface area contributed by atoms with Crippen molar-refractivity contribution in [2.75, 3.05) is 19.5 Å². The Morgan fingerprint density at radius 1 is 1.29 bits per heavy atom. The summed E-state index contributed by atoms with van der Waals surface area (Å²) in [5.41, 5.74) is 6.83. The number of primary amides is 1. The number of anilines is 1. The first-order valence-electron chi connectivity index (χ1n) is 12.0. The third kappa shape index (κ3) is 5.26. The number of ether oxygens (including phenoxy) is 2. The number of fused-ring (bicyclic) bond motifs is 1. The third-order valence-electron chi connectivity index (χ3n) is 6.25. The number of nitrogens with zero attached hydrogens (tertiary/aromatic N) is 3. The van der Waals surface area contributed by atoms with Crippen LogP contribution in [0, 0.1) is 23.1 Å². The predicted octanol–water partition coefficient (Wildman–Crippen LogP) is 4.31. The lowest BCUT2D eigenvalue weighted by Crippen LogP contribution is -2.37.